The fourth-order valence-corrected chi connectivity index (χ4v) is 2.44. The van der Waals surface area contributed by atoms with Crippen LogP contribution in [0.1, 0.15) is 27.2 Å². The normalized spacial score (nSPS) is 10.9. The minimum atomic E-state index is -0.438. The number of carbonyl (C=O) groups is 1. The Balaban J connectivity index is 1.78. The first-order valence-electron chi connectivity index (χ1n) is 8.05. The van der Waals surface area contributed by atoms with Gasteiger partial charge in [0.1, 0.15) is 11.5 Å². The Morgan fingerprint density at radius 1 is 1.19 bits per heavy atom. The first kappa shape index (κ1) is 18.0. The summed E-state index contributed by atoms with van der Waals surface area (Å²) in [6.07, 6.45) is 4.34. The number of benzene rings is 1. The largest absolute Gasteiger partial charge is 0.455 e. The first-order chi connectivity index (χ1) is 13.0. The highest BCUT2D eigenvalue weighted by Gasteiger charge is 2.19. The Morgan fingerprint density at radius 2 is 1.89 bits per heavy atom. The molecule has 0 radical (unpaired) electrons. The summed E-state index contributed by atoms with van der Waals surface area (Å²) in [4.78, 5) is 26.6. The summed E-state index contributed by atoms with van der Waals surface area (Å²) >= 11 is 0. The lowest BCUT2D eigenvalue weighted by molar-refractivity contribution is -0.384. The summed E-state index contributed by atoms with van der Waals surface area (Å²) in [5.74, 6) is 0.324. The van der Waals surface area contributed by atoms with Gasteiger partial charge in [-0.05, 0) is 55.3 Å². The monoisotopic (exact) mass is 364 g/mol. The van der Waals surface area contributed by atoms with Gasteiger partial charge in [0.05, 0.1) is 16.7 Å². The zero-order valence-corrected chi connectivity index (χ0v) is 14.7. The molecule has 2 aromatic heterocycles. The molecule has 0 fully saturated rings. The van der Waals surface area contributed by atoms with Crippen molar-refractivity contribution < 1.29 is 14.1 Å². The molecule has 1 amide bonds. The summed E-state index contributed by atoms with van der Waals surface area (Å²) in [5.41, 5.74) is 4.92. The van der Waals surface area contributed by atoms with E-state index in [1.54, 1.807) is 30.3 Å². The molecule has 3 aromatic rings. The molecule has 0 saturated heterocycles. The SMILES string of the molecule is Cc1cc(-c2ccc(C=NNC(=O)c3ccncc3)o2)c([N+](=O)[O-])cc1C. The van der Waals surface area contributed by atoms with E-state index in [1.807, 2.05) is 13.8 Å². The van der Waals surface area contributed by atoms with Gasteiger partial charge in [0.15, 0.2) is 0 Å². The number of furan rings is 1. The van der Waals surface area contributed by atoms with Crippen LogP contribution < -0.4 is 5.43 Å². The molecule has 0 bridgehead atoms. The molecule has 0 atom stereocenters. The number of amides is 1. The lowest BCUT2D eigenvalue weighted by Gasteiger charge is -2.04. The van der Waals surface area contributed by atoms with Gasteiger partial charge in [0.25, 0.3) is 11.6 Å². The average Bonchev–Trinajstić information content (AvgIpc) is 3.12. The van der Waals surface area contributed by atoms with Gasteiger partial charge >= 0.3 is 0 Å². The maximum Gasteiger partial charge on any atom is 0.280 e. The minimum absolute atomic E-state index is 0.0260. The van der Waals surface area contributed by atoms with Crippen molar-refractivity contribution in [3.8, 4) is 11.3 Å². The number of pyridine rings is 1. The van der Waals surface area contributed by atoms with Crippen molar-refractivity contribution in [2.45, 2.75) is 13.8 Å². The van der Waals surface area contributed by atoms with Gasteiger partial charge in [-0.3, -0.25) is 19.9 Å². The number of nitro benzene ring substituents is 1. The van der Waals surface area contributed by atoms with E-state index in [0.717, 1.165) is 11.1 Å². The molecule has 0 aliphatic carbocycles. The summed E-state index contributed by atoms with van der Waals surface area (Å²) in [6.45, 7) is 3.69. The topological polar surface area (TPSA) is 111 Å². The lowest BCUT2D eigenvalue weighted by Crippen LogP contribution is -2.17. The van der Waals surface area contributed by atoms with E-state index in [4.69, 9.17) is 4.42 Å². The number of rotatable bonds is 5. The summed E-state index contributed by atoms with van der Waals surface area (Å²) in [6, 6.07) is 9.62. The molecule has 0 spiro atoms. The van der Waals surface area contributed by atoms with Crippen LogP contribution in [0.15, 0.2) is 58.3 Å². The zero-order chi connectivity index (χ0) is 19.4. The van der Waals surface area contributed by atoms with Crippen LogP contribution in [-0.2, 0) is 0 Å². The predicted octanol–water partition coefficient (Wildman–Crippen LogP) is 3.63. The Bertz CT molecular complexity index is 1030. The van der Waals surface area contributed by atoms with Crippen LogP contribution in [0, 0.1) is 24.0 Å². The van der Waals surface area contributed by atoms with Crippen LogP contribution in [0.3, 0.4) is 0 Å². The number of aromatic nitrogens is 1. The third kappa shape index (κ3) is 4.06. The molecule has 8 heteroatoms. The summed E-state index contributed by atoms with van der Waals surface area (Å²) < 4.78 is 5.63. The molecule has 8 nitrogen and oxygen atoms in total. The van der Waals surface area contributed by atoms with Crippen molar-refractivity contribution in [2.75, 3.05) is 0 Å². The van der Waals surface area contributed by atoms with E-state index in [1.165, 1.54) is 24.7 Å². The Kier molecular flexibility index (Phi) is 5.07. The smallest absolute Gasteiger partial charge is 0.280 e. The van der Waals surface area contributed by atoms with E-state index in [0.29, 0.717) is 22.6 Å². The Hall–Kier alpha value is -3.81. The van der Waals surface area contributed by atoms with E-state index in [2.05, 4.69) is 15.5 Å². The second-order valence-corrected chi connectivity index (χ2v) is 5.85. The highest BCUT2D eigenvalue weighted by atomic mass is 16.6. The number of aryl methyl sites for hydroxylation is 2. The maximum absolute atomic E-state index is 11.9. The van der Waals surface area contributed by atoms with Gasteiger partial charge in [0.2, 0.25) is 0 Å². The number of hydrogen-bond donors (Lipinski definition) is 1. The van der Waals surface area contributed by atoms with E-state index in [-0.39, 0.29) is 11.6 Å². The maximum atomic E-state index is 11.9. The van der Waals surface area contributed by atoms with Gasteiger partial charge in [-0.15, -0.1) is 0 Å². The van der Waals surface area contributed by atoms with Crippen molar-refractivity contribution in [3.05, 3.63) is 81.4 Å². The van der Waals surface area contributed by atoms with Crippen LogP contribution in [0.5, 0.6) is 0 Å². The van der Waals surface area contributed by atoms with Crippen molar-refractivity contribution in [3.63, 3.8) is 0 Å². The van der Waals surface area contributed by atoms with Crippen LogP contribution >= 0.6 is 0 Å². The van der Waals surface area contributed by atoms with Crippen molar-refractivity contribution in [2.24, 2.45) is 5.10 Å². The fourth-order valence-electron chi connectivity index (χ4n) is 2.44. The molecule has 1 aromatic carbocycles. The third-order valence-electron chi connectivity index (χ3n) is 4.00. The van der Waals surface area contributed by atoms with Crippen molar-refractivity contribution in [1.29, 1.82) is 0 Å². The van der Waals surface area contributed by atoms with E-state index < -0.39 is 4.92 Å². The van der Waals surface area contributed by atoms with Crippen LogP contribution in [-0.4, -0.2) is 22.0 Å². The van der Waals surface area contributed by atoms with Gasteiger partial charge in [-0.25, -0.2) is 5.43 Å². The van der Waals surface area contributed by atoms with Crippen LogP contribution in [0.25, 0.3) is 11.3 Å². The molecular weight excluding hydrogens is 348 g/mol. The third-order valence-corrected chi connectivity index (χ3v) is 4.00. The van der Waals surface area contributed by atoms with E-state index >= 15 is 0 Å². The van der Waals surface area contributed by atoms with Crippen LogP contribution in [0.2, 0.25) is 0 Å². The van der Waals surface area contributed by atoms with Gasteiger partial charge in [-0.1, -0.05) is 0 Å². The molecule has 0 unspecified atom stereocenters. The molecule has 3 rings (SSSR count). The number of nitrogens with one attached hydrogen (secondary N) is 1. The standard InChI is InChI=1S/C19H16N4O4/c1-12-9-16(17(23(25)26)10-13(12)2)18-4-3-15(27-18)11-21-22-19(24)14-5-7-20-8-6-14/h3-11H,1-2H3,(H,22,24). The summed E-state index contributed by atoms with van der Waals surface area (Å²) in [5, 5.41) is 15.2. The number of hydrazone groups is 1. The Morgan fingerprint density at radius 3 is 2.59 bits per heavy atom. The molecule has 1 N–H and O–H groups in total. The molecule has 0 aliphatic rings. The van der Waals surface area contributed by atoms with Gasteiger partial charge in [-0.2, -0.15) is 5.10 Å². The molecule has 2 heterocycles. The fraction of sp³-hybridized carbons (Fsp3) is 0.105. The highest BCUT2D eigenvalue weighted by molar-refractivity contribution is 5.94. The quantitative estimate of drug-likeness (QED) is 0.422. The number of carbonyl (C=O) groups excluding carboxylic acids is 1. The minimum Gasteiger partial charge on any atom is -0.455 e. The van der Waals surface area contributed by atoms with Crippen molar-refractivity contribution in [1.82, 2.24) is 10.4 Å². The Labute approximate surface area is 154 Å². The van der Waals surface area contributed by atoms with Crippen molar-refractivity contribution >= 4 is 17.8 Å². The zero-order valence-electron chi connectivity index (χ0n) is 14.7. The average molecular weight is 364 g/mol. The highest BCUT2D eigenvalue weighted by Crippen LogP contribution is 2.33. The van der Waals surface area contributed by atoms with Gasteiger partial charge in [0, 0.05) is 24.0 Å². The lowest BCUT2D eigenvalue weighted by atomic mass is 10.0. The molecule has 27 heavy (non-hydrogen) atoms. The van der Waals surface area contributed by atoms with E-state index in [9.17, 15) is 14.9 Å². The number of hydrogen-bond acceptors (Lipinski definition) is 6. The number of nitro groups is 1. The second kappa shape index (κ2) is 7.61. The molecule has 0 aliphatic heterocycles. The van der Waals surface area contributed by atoms with Crippen LogP contribution in [0.4, 0.5) is 5.69 Å². The molecular formula is C19H16N4O4. The second-order valence-electron chi connectivity index (χ2n) is 5.85. The predicted molar refractivity (Wildman–Crippen MR) is 99.6 cm³/mol. The molecule has 0 saturated carbocycles. The summed E-state index contributed by atoms with van der Waals surface area (Å²) in [7, 11) is 0. The first-order valence-corrected chi connectivity index (χ1v) is 8.05. The molecule has 136 valence electrons. The van der Waals surface area contributed by atoms with Gasteiger partial charge < -0.3 is 4.42 Å². The number of nitrogens with zero attached hydrogens (tertiary/aromatic N) is 3.